The molecule has 7 heteroatoms. The first-order valence-corrected chi connectivity index (χ1v) is 9.98. The van der Waals surface area contributed by atoms with Crippen LogP contribution in [0.5, 0.6) is 0 Å². The topological polar surface area (TPSA) is 72.1 Å². The molecule has 0 unspecified atom stereocenters. The lowest BCUT2D eigenvalue weighted by Gasteiger charge is -2.05. The number of rotatable bonds is 5. The Morgan fingerprint density at radius 3 is 2.50 bits per heavy atom. The Hall–Kier alpha value is -2.51. The van der Waals surface area contributed by atoms with Crippen LogP contribution >= 0.6 is 0 Å². The second-order valence-electron chi connectivity index (χ2n) is 6.31. The zero-order chi connectivity index (χ0) is 18.9. The number of hydrogen-bond donors (Lipinski definition) is 1. The number of carbonyl (C=O) groups excluding carboxylic acids is 1. The summed E-state index contributed by atoms with van der Waals surface area (Å²) < 4.78 is 29.3. The van der Waals surface area contributed by atoms with Gasteiger partial charge in [0, 0.05) is 36.2 Å². The van der Waals surface area contributed by atoms with Gasteiger partial charge in [-0.1, -0.05) is 6.07 Å². The maximum Gasteiger partial charge on any atom is 0.227 e. The fraction of sp³-hybridized carbons (Fsp3) is 0.263. The number of aromatic nitrogens is 2. The summed E-state index contributed by atoms with van der Waals surface area (Å²) in [6, 6.07) is 9.73. The summed E-state index contributed by atoms with van der Waals surface area (Å²) in [4.78, 5) is 12.0. The van der Waals surface area contributed by atoms with Gasteiger partial charge < -0.3 is 0 Å². The Labute approximate surface area is 153 Å². The third-order valence-corrected chi connectivity index (χ3v) is 5.83. The molecule has 0 fully saturated rings. The molecule has 3 rings (SSSR count). The molecule has 1 aromatic carbocycles. The van der Waals surface area contributed by atoms with Crippen LogP contribution in [0, 0.1) is 0 Å². The van der Waals surface area contributed by atoms with Gasteiger partial charge in [-0.3, -0.25) is 9.36 Å². The van der Waals surface area contributed by atoms with Crippen molar-refractivity contribution in [2.24, 2.45) is 7.05 Å². The van der Waals surface area contributed by atoms with Gasteiger partial charge in [0.2, 0.25) is 15.9 Å². The molecule has 0 aliphatic rings. The summed E-state index contributed by atoms with van der Waals surface area (Å²) in [7, 11) is 0.105. The highest BCUT2D eigenvalue weighted by atomic mass is 32.2. The van der Waals surface area contributed by atoms with Crippen molar-refractivity contribution in [3.8, 4) is 11.1 Å². The van der Waals surface area contributed by atoms with Gasteiger partial charge in [0.1, 0.15) is 7.05 Å². The van der Waals surface area contributed by atoms with Crippen molar-refractivity contribution >= 4 is 26.8 Å². The van der Waals surface area contributed by atoms with Gasteiger partial charge in [0.25, 0.3) is 0 Å². The highest BCUT2D eigenvalue weighted by molar-refractivity contribution is 7.89. The van der Waals surface area contributed by atoms with Crippen molar-refractivity contribution in [3.63, 3.8) is 0 Å². The molecule has 0 saturated carbocycles. The minimum absolute atomic E-state index is 0.0267. The number of aryl methyl sites for hydroxylation is 2. The van der Waals surface area contributed by atoms with E-state index in [1.807, 2.05) is 60.5 Å². The Morgan fingerprint density at radius 2 is 1.88 bits per heavy atom. The van der Waals surface area contributed by atoms with E-state index in [0.29, 0.717) is 6.42 Å². The lowest BCUT2D eigenvalue weighted by atomic mass is 10.0. The zero-order valence-corrected chi connectivity index (χ0v) is 15.9. The molecule has 0 aliphatic carbocycles. The monoisotopic (exact) mass is 372 g/mol. The van der Waals surface area contributed by atoms with Crippen molar-refractivity contribution < 1.29 is 17.8 Å². The quantitative estimate of drug-likeness (QED) is 0.695. The maximum absolute atomic E-state index is 12.0. The van der Waals surface area contributed by atoms with Gasteiger partial charge in [-0.2, -0.15) is 0 Å². The summed E-state index contributed by atoms with van der Waals surface area (Å²) >= 11 is 0. The number of carbonyl (C=O) groups is 1. The van der Waals surface area contributed by atoms with E-state index in [1.165, 1.54) is 14.0 Å². The standard InChI is InChI=1S/C19H22N3O3S/c1-14(23)22-13-18(16-6-9-21(3)10-7-16)17-12-15(4-5-19(17)22)8-11-26(24,25)20-2/h4-7,9-10,12-13,20H,8,11H2,1-3H3/q+1. The second-order valence-corrected chi connectivity index (χ2v) is 8.35. The molecule has 136 valence electrons. The highest BCUT2D eigenvalue weighted by Gasteiger charge is 2.15. The molecule has 6 nitrogen and oxygen atoms in total. The van der Waals surface area contributed by atoms with Crippen LogP contribution in [0.4, 0.5) is 0 Å². The average Bonchev–Trinajstić information content (AvgIpc) is 3.00. The number of benzene rings is 1. The molecule has 0 radical (unpaired) electrons. The van der Waals surface area contributed by atoms with Crippen molar-refractivity contribution in [3.05, 3.63) is 54.5 Å². The maximum atomic E-state index is 12.0. The molecule has 26 heavy (non-hydrogen) atoms. The predicted molar refractivity (Wildman–Crippen MR) is 101 cm³/mol. The molecule has 0 saturated heterocycles. The van der Waals surface area contributed by atoms with Gasteiger partial charge >= 0.3 is 0 Å². The number of nitrogens with one attached hydrogen (secondary N) is 1. The minimum atomic E-state index is -3.26. The van der Waals surface area contributed by atoms with E-state index in [1.54, 1.807) is 4.57 Å². The van der Waals surface area contributed by atoms with Crippen LogP contribution < -0.4 is 9.29 Å². The fourth-order valence-corrected chi connectivity index (χ4v) is 3.67. The van der Waals surface area contributed by atoms with Crippen molar-refractivity contribution in [1.82, 2.24) is 9.29 Å². The van der Waals surface area contributed by atoms with Crippen molar-refractivity contribution in [1.29, 1.82) is 0 Å². The molecule has 1 N–H and O–H groups in total. The molecule has 3 aromatic rings. The molecular weight excluding hydrogens is 350 g/mol. The van der Waals surface area contributed by atoms with Gasteiger partial charge in [0.15, 0.2) is 12.4 Å². The SMILES string of the molecule is CNS(=O)(=O)CCc1ccc2c(c1)c(-c1cc[n+](C)cc1)cn2C(C)=O. The Balaban J connectivity index is 2.10. The van der Waals surface area contributed by atoms with E-state index in [-0.39, 0.29) is 11.7 Å². The third kappa shape index (κ3) is 3.68. The van der Waals surface area contributed by atoms with E-state index in [2.05, 4.69) is 4.72 Å². The van der Waals surface area contributed by atoms with Crippen LogP contribution in [0.3, 0.4) is 0 Å². The van der Waals surface area contributed by atoms with E-state index in [9.17, 15) is 13.2 Å². The van der Waals surface area contributed by atoms with E-state index in [0.717, 1.165) is 27.6 Å². The third-order valence-electron chi connectivity index (χ3n) is 4.47. The van der Waals surface area contributed by atoms with Crippen LogP contribution in [-0.2, 0) is 23.5 Å². The van der Waals surface area contributed by atoms with Gasteiger partial charge in [-0.15, -0.1) is 0 Å². The Kier molecular flexibility index (Phi) is 4.93. The Bertz CT molecular complexity index is 1070. The highest BCUT2D eigenvalue weighted by Crippen LogP contribution is 2.31. The van der Waals surface area contributed by atoms with Crippen LogP contribution in [0.1, 0.15) is 17.3 Å². The summed E-state index contributed by atoms with van der Waals surface area (Å²) in [6.07, 6.45) is 6.16. The number of hydrogen-bond acceptors (Lipinski definition) is 3. The fourth-order valence-electron chi connectivity index (χ4n) is 2.96. The number of pyridine rings is 1. The summed E-state index contributed by atoms with van der Waals surface area (Å²) in [5.74, 6) is -0.0351. The molecule has 0 aliphatic heterocycles. The first-order valence-electron chi connectivity index (χ1n) is 8.32. The van der Waals surface area contributed by atoms with Crippen molar-refractivity contribution in [2.45, 2.75) is 13.3 Å². The van der Waals surface area contributed by atoms with E-state index >= 15 is 0 Å². The molecule has 2 aromatic heterocycles. The Morgan fingerprint density at radius 1 is 1.19 bits per heavy atom. The summed E-state index contributed by atoms with van der Waals surface area (Å²) in [5.41, 5.74) is 3.70. The van der Waals surface area contributed by atoms with Crippen LogP contribution in [0.25, 0.3) is 22.0 Å². The molecule has 0 spiro atoms. The normalized spacial score (nSPS) is 11.8. The zero-order valence-electron chi connectivity index (χ0n) is 15.1. The smallest absolute Gasteiger partial charge is 0.227 e. The molecular formula is C19H22N3O3S+. The first kappa shape index (κ1) is 18.3. The molecule has 0 amide bonds. The lowest BCUT2D eigenvalue weighted by molar-refractivity contribution is -0.671. The van der Waals surface area contributed by atoms with Crippen LogP contribution in [0.15, 0.2) is 48.9 Å². The lowest BCUT2D eigenvalue weighted by Crippen LogP contribution is -2.25. The first-order chi connectivity index (χ1) is 12.3. The van der Waals surface area contributed by atoms with E-state index < -0.39 is 10.0 Å². The summed E-state index contributed by atoms with van der Waals surface area (Å²) in [6.45, 7) is 1.53. The van der Waals surface area contributed by atoms with Crippen LogP contribution in [0.2, 0.25) is 0 Å². The van der Waals surface area contributed by atoms with Gasteiger partial charge in [-0.25, -0.2) is 17.7 Å². The number of fused-ring (bicyclic) bond motifs is 1. The van der Waals surface area contributed by atoms with Gasteiger partial charge in [-0.05, 0) is 36.7 Å². The molecule has 2 heterocycles. The number of nitrogens with zero attached hydrogens (tertiary/aromatic N) is 2. The van der Waals surface area contributed by atoms with Gasteiger partial charge in [0.05, 0.1) is 11.3 Å². The van der Waals surface area contributed by atoms with Crippen molar-refractivity contribution in [2.75, 3.05) is 12.8 Å². The van der Waals surface area contributed by atoms with E-state index in [4.69, 9.17) is 0 Å². The molecule has 0 bridgehead atoms. The average molecular weight is 372 g/mol. The predicted octanol–water partition coefficient (Wildman–Crippen LogP) is 1.88. The largest absolute Gasteiger partial charge is 0.287 e. The van der Waals surface area contributed by atoms with Crippen LogP contribution in [-0.4, -0.2) is 31.7 Å². The number of sulfonamides is 1. The second kappa shape index (κ2) is 7.01. The molecule has 0 atom stereocenters. The minimum Gasteiger partial charge on any atom is -0.287 e. The summed E-state index contributed by atoms with van der Waals surface area (Å²) in [5, 5.41) is 0.938.